The molecule has 0 spiro atoms. The molecule has 6 nitrogen and oxygen atoms in total. The van der Waals surface area contributed by atoms with Crippen molar-refractivity contribution in [1.29, 1.82) is 0 Å². The van der Waals surface area contributed by atoms with Crippen LogP contribution in [0.3, 0.4) is 0 Å². The van der Waals surface area contributed by atoms with Crippen LogP contribution in [0.2, 0.25) is 0 Å². The van der Waals surface area contributed by atoms with Crippen molar-refractivity contribution < 1.29 is 17.9 Å². The minimum atomic E-state index is -0.857. The van der Waals surface area contributed by atoms with Gasteiger partial charge in [0.2, 0.25) is 0 Å². The van der Waals surface area contributed by atoms with Gasteiger partial charge in [-0.15, -0.1) is 0 Å². The van der Waals surface area contributed by atoms with E-state index in [1.807, 2.05) is 0 Å². The summed E-state index contributed by atoms with van der Waals surface area (Å²) in [5.41, 5.74) is 4.62. The van der Waals surface area contributed by atoms with E-state index in [2.05, 4.69) is 0 Å². The number of nitrogens with two attached hydrogens (primary N) is 1. The van der Waals surface area contributed by atoms with Crippen LogP contribution in [0.25, 0.3) is 11.1 Å². The normalized spacial score (nSPS) is 11.9. The topological polar surface area (TPSA) is 79.2 Å². The van der Waals surface area contributed by atoms with Gasteiger partial charge in [0.25, 0.3) is 5.56 Å². The first-order chi connectivity index (χ1) is 16.8. The fraction of sp³-hybridized carbons (Fsp3) is 0.154. The third kappa shape index (κ3) is 4.76. The molecule has 0 fully saturated rings. The summed E-state index contributed by atoms with van der Waals surface area (Å²) in [7, 11) is 1.28. The van der Waals surface area contributed by atoms with Gasteiger partial charge in [-0.05, 0) is 23.8 Å². The number of hydrogen-bond acceptors (Lipinski definition) is 4. The van der Waals surface area contributed by atoms with E-state index in [4.69, 9.17) is 10.5 Å². The maximum absolute atomic E-state index is 15.1. The summed E-state index contributed by atoms with van der Waals surface area (Å²) in [6.45, 7) is -0.752. The zero-order valence-electron chi connectivity index (χ0n) is 18.8. The summed E-state index contributed by atoms with van der Waals surface area (Å²) in [5, 5.41) is 0. The van der Waals surface area contributed by atoms with Gasteiger partial charge in [-0.2, -0.15) is 0 Å². The Morgan fingerprint density at radius 3 is 2.20 bits per heavy atom. The quantitative estimate of drug-likeness (QED) is 0.435. The molecule has 4 rings (SSSR count). The van der Waals surface area contributed by atoms with Crippen molar-refractivity contribution in [2.75, 3.05) is 7.11 Å². The van der Waals surface area contributed by atoms with Gasteiger partial charge in [-0.25, -0.2) is 18.0 Å². The zero-order chi connectivity index (χ0) is 25.1. The molecule has 35 heavy (non-hydrogen) atoms. The smallest absolute Gasteiger partial charge is 0.331 e. The second-order valence-corrected chi connectivity index (χ2v) is 7.91. The van der Waals surface area contributed by atoms with Crippen LogP contribution in [0.5, 0.6) is 5.75 Å². The largest absolute Gasteiger partial charge is 0.494 e. The molecule has 1 heterocycles. The fourth-order valence-corrected chi connectivity index (χ4v) is 3.85. The number of halogens is 3. The molecule has 0 bridgehead atoms. The summed E-state index contributed by atoms with van der Waals surface area (Å²) in [4.78, 5) is 26.7. The monoisotopic (exact) mass is 481 g/mol. The molecule has 9 heteroatoms. The summed E-state index contributed by atoms with van der Waals surface area (Å²) in [6, 6.07) is 15.6. The second kappa shape index (κ2) is 10.0. The molecular weight excluding hydrogens is 459 g/mol. The van der Waals surface area contributed by atoms with Gasteiger partial charge >= 0.3 is 5.69 Å². The van der Waals surface area contributed by atoms with Crippen molar-refractivity contribution in [3.8, 4) is 16.9 Å². The molecule has 0 saturated heterocycles. The number of methoxy groups -OCH3 is 1. The van der Waals surface area contributed by atoms with E-state index in [1.165, 1.54) is 31.4 Å². The Morgan fingerprint density at radius 2 is 1.54 bits per heavy atom. The molecule has 3 aromatic carbocycles. The lowest BCUT2D eigenvalue weighted by atomic mass is 10.1. The Labute approximate surface area is 198 Å². The maximum Gasteiger partial charge on any atom is 0.331 e. The number of ether oxygens (including phenoxy) is 1. The van der Waals surface area contributed by atoms with Gasteiger partial charge in [0.1, 0.15) is 11.6 Å². The van der Waals surface area contributed by atoms with Crippen molar-refractivity contribution in [1.82, 2.24) is 9.13 Å². The average molecular weight is 481 g/mol. The molecule has 0 radical (unpaired) electrons. The van der Waals surface area contributed by atoms with E-state index in [0.29, 0.717) is 5.56 Å². The minimum absolute atomic E-state index is 0.104. The van der Waals surface area contributed by atoms with E-state index in [-0.39, 0.29) is 29.0 Å². The highest BCUT2D eigenvalue weighted by Crippen LogP contribution is 2.27. The van der Waals surface area contributed by atoms with Crippen molar-refractivity contribution in [3.05, 3.63) is 122 Å². The zero-order valence-corrected chi connectivity index (χ0v) is 18.8. The van der Waals surface area contributed by atoms with E-state index < -0.39 is 41.3 Å². The number of hydrogen-bond donors (Lipinski definition) is 1. The van der Waals surface area contributed by atoms with E-state index >= 15 is 4.39 Å². The van der Waals surface area contributed by atoms with Crippen molar-refractivity contribution in [2.24, 2.45) is 5.73 Å². The predicted molar refractivity (Wildman–Crippen MR) is 126 cm³/mol. The minimum Gasteiger partial charge on any atom is -0.494 e. The van der Waals surface area contributed by atoms with Gasteiger partial charge in [0.05, 0.1) is 25.8 Å². The fourth-order valence-electron chi connectivity index (χ4n) is 3.85. The van der Waals surface area contributed by atoms with Crippen LogP contribution in [-0.2, 0) is 13.1 Å². The van der Waals surface area contributed by atoms with Crippen LogP contribution in [0.1, 0.15) is 17.2 Å². The molecule has 2 N–H and O–H groups in total. The highest BCUT2D eigenvalue weighted by Gasteiger charge is 2.21. The molecule has 0 amide bonds. The van der Waals surface area contributed by atoms with Crippen LogP contribution in [-0.4, -0.2) is 16.2 Å². The molecule has 0 unspecified atom stereocenters. The molecule has 0 aliphatic heterocycles. The Bertz CT molecular complexity index is 1460. The number of rotatable bonds is 7. The van der Waals surface area contributed by atoms with Crippen molar-refractivity contribution in [2.45, 2.75) is 19.1 Å². The number of nitrogens with zero attached hydrogens (tertiary/aromatic N) is 2. The molecule has 1 atom stereocenters. The van der Waals surface area contributed by atoms with Crippen LogP contribution in [0, 0.1) is 17.5 Å². The van der Waals surface area contributed by atoms with Crippen LogP contribution >= 0.6 is 0 Å². The van der Waals surface area contributed by atoms with E-state index in [9.17, 15) is 18.4 Å². The standard InChI is InChI=1S/C26H22F3N3O3/c1-35-23-12-5-9-17(24(23)29)18-13-31(14-19-20(27)10-6-11-21(19)28)26(34)32(25(18)33)15-22(30)16-7-3-2-4-8-16/h2-13,22H,14-15,30H2,1H3/t22-/m1/s1. The first kappa shape index (κ1) is 24.0. The second-order valence-electron chi connectivity index (χ2n) is 7.91. The highest BCUT2D eigenvalue weighted by atomic mass is 19.1. The summed E-state index contributed by atoms with van der Waals surface area (Å²) < 4.78 is 50.6. The lowest BCUT2D eigenvalue weighted by molar-refractivity contribution is 0.387. The van der Waals surface area contributed by atoms with Crippen molar-refractivity contribution >= 4 is 0 Å². The van der Waals surface area contributed by atoms with Crippen LogP contribution in [0.4, 0.5) is 13.2 Å². The highest BCUT2D eigenvalue weighted by molar-refractivity contribution is 5.64. The van der Waals surface area contributed by atoms with Gasteiger partial charge < -0.3 is 10.5 Å². The summed E-state index contributed by atoms with van der Waals surface area (Å²) >= 11 is 0. The molecule has 0 aliphatic carbocycles. The predicted octanol–water partition coefficient (Wildman–Crippen LogP) is 3.85. The third-order valence-corrected chi connectivity index (χ3v) is 5.71. The molecule has 0 aliphatic rings. The first-order valence-electron chi connectivity index (χ1n) is 10.7. The Morgan fingerprint density at radius 1 is 0.886 bits per heavy atom. The molecule has 180 valence electrons. The van der Waals surface area contributed by atoms with Gasteiger partial charge in [0.15, 0.2) is 11.6 Å². The third-order valence-electron chi connectivity index (χ3n) is 5.71. The molecule has 0 saturated carbocycles. The average Bonchev–Trinajstić information content (AvgIpc) is 2.86. The van der Waals surface area contributed by atoms with Crippen LogP contribution < -0.4 is 21.7 Å². The molecular formula is C26H22F3N3O3. The van der Waals surface area contributed by atoms with E-state index in [1.54, 1.807) is 30.3 Å². The summed E-state index contributed by atoms with van der Waals surface area (Å²) in [5.74, 6) is -2.63. The number of aromatic nitrogens is 2. The Kier molecular flexibility index (Phi) is 6.88. The van der Waals surface area contributed by atoms with Crippen LogP contribution in [0.15, 0.2) is 82.5 Å². The lowest BCUT2D eigenvalue weighted by Gasteiger charge is -2.18. The molecule has 1 aromatic heterocycles. The Hall–Kier alpha value is -4.11. The Balaban J connectivity index is 1.91. The summed E-state index contributed by atoms with van der Waals surface area (Å²) in [6.07, 6.45) is 1.10. The maximum atomic E-state index is 15.1. The first-order valence-corrected chi connectivity index (χ1v) is 10.7. The van der Waals surface area contributed by atoms with Gasteiger partial charge in [-0.3, -0.25) is 13.9 Å². The van der Waals surface area contributed by atoms with Gasteiger partial charge in [-0.1, -0.05) is 48.5 Å². The molecule has 4 aromatic rings. The van der Waals surface area contributed by atoms with Crippen molar-refractivity contribution in [3.63, 3.8) is 0 Å². The number of benzene rings is 3. The van der Waals surface area contributed by atoms with E-state index in [0.717, 1.165) is 27.5 Å². The van der Waals surface area contributed by atoms with Gasteiger partial charge in [0, 0.05) is 23.4 Å². The lowest BCUT2D eigenvalue weighted by Crippen LogP contribution is -2.42. The SMILES string of the molecule is COc1cccc(-c2cn(Cc3c(F)cccc3F)c(=O)n(C[C@@H](N)c3ccccc3)c2=O)c1F.